The van der Waals surface area contributed by atoms with Crippen molar-refractivity contribution in [2.24, 2.45) is 0 Å². The van der Waals surface area contributed by atoms with Crippen LogP contribution in [0.1, 0.15) is 18.1 Å². The molecule has 4 rings (SSSR count). The van der Waals surface area contributed by atoms with Crippen LogP contribution >= 0.6 is 0 Å². The summed E-state index contributed by atoms with van der Waals surface area (Å²) in [6.07, 6.45) is 0.906. The van der Waals surface area contributed by atoms with Gasteiger partial charge in [-0.15, -0.1) is 0 Å². The number of morpholine rings is 1. The summed E-state index contributed by atoms with van der Waals surface area (Å²) < 4.78 is 10.7. The maximum atomic E-state index is 12.6. The number of hydrogen-bond acceptors (Lipinski definition) is 5. The lowest BCUT2D eigenvalue weighted by atomic mass is 10.1. The molecule has 2 aliphatic heterocycles. The van der Waals surface area contributed by atoms with E-state index in [2.05, 4.69) is 17.9 Å². The van der Waals surface area contributed by atoms with E-state index in [1.54, 1.807) is 6.07 Å². The molecule has 2 amide bonds. The number of ether oxygens (including phenoxy) is 1. The van der Waals surface area contributed by atoms with E-state index in [1.165, 1.54) is 0 Å². The third-order valence-electron chi connectivity index (χ3n) is 5.62. The molecule has 3 heterocycles. The average Bonchev–Trinajstić information content (AvgIpc) is 2.74. The highest BCUT2D eigenvalue weighted by Gasteiger charge is 2.26. The van der Waals surface area contributed by atoms with Gasteiger partial charge in [-0.1, -0.05) is 19.1 Å². The first-order chi connectivity index (χ1) is 13.6. The molecular formula is C21H27N3O4. The smallest absolute Gasteiger partial charge is 0.336 e. The number of hydrogen-bond donors (Lipinski definition) is 0. The SMILES string of the molecule is CCc1ccc2c(CN3CCN(C(=O)N4CCOCC4)CC3)cc(=O)oc2c1. The second-order valence-corrected chi connectivity index (χ2v) is 7.42. The minimum absolute atomic E-state index is 0.112. The van der Waals surface area contributed by atoms with Crippen molar-refractivity contribution < 1.29 is 13.9 Å². The van der Waals surface area contributed by atoms with Crippen molar-refractivity contribution in [3.05, 3.63) is 45.8 Å². The molecule has 0 unspecified atom stereocenters. The Morgan fingerprint density at radius 3 is 2.43 bits per heavy atom. The Labute approximate surface area is 164 Å². The minimum Gasteiger partial charge on any atom is -0.423 e. The second kappa shape index (κ2) is 8.32. The molecule has 0 atom stereocenters. The van der Waals surface area contributed by atoms with Crippen LogP contribution in [0.25, 0.3) is 11.0 Å². The Kier molecular flexibility index (Phi) is 5.64. The zero-order valence-corrected chi connectivity index (χ0v) is 16.4. The minimum atomic E-state index is -0.308. The van der Waals surface area contributed by atoms with Gasteiger partial charge >= 0.3 is 11.7 Å². The first-order valence-corrected chi connectivity index (χ1v) is 10.0. The zero-order chi connectivity index (χ0) is 19.5. The number of fused-ring (bicyclic) bond motifs is 1. The quantitative estimate of drug-likeness (QED) is 0.756. The lowest BCUT2D eigenvalue weighted by molar-refractivity contribution is 0.0373. The Hall–Kier alpha value is -2.38. The summed E-state index contributed by atoms with van der Waals surface area (Å²) in [5, 5.41) is 0.989. The number of urea groups is 1. The van der Waals surface area contributed by atoms with Crippen LogP contribution in [-0.4, -0.2) is 73.2 Å². The Morgan fingerprint density at radius 2 is 1.71 bits per heavy atom. The fraction of sp³-hybridized carbons (Fsp3) is 0.524. The monoisotopic (exact) mass is 385 g/mol. The summed E-state index contributed by atoms with van der Waals surface area (Å²) in [5.41, 5.74) is 2.49. The molecule has 28 heavy (non-hydrogen) atoms. The van der Waals surface area contributed by atoms with Crippen molar-refractivity contribution in [3.8, 4) is 0 Å². The van der Waals surface area contributed by atoms with Gasteiger partial charge in [0.05, 0.1) is 13.2 Å². The molecule has 150 valence electrons. The van der Waals surface area contributed by atoms with Crippen molar-refractivity contribution in [2.75, 3.05) is 52.5 Å². The lowest BCUT2D eigenvalue weighted by Gasteiger charge is -2.38. The topological polar surface area (TPSA) is 66.2 Å². The fourth-order valence-electron chi connectivity index (χ4n) is 3.92. The molecule has 2 fully saturated rings. The van der Waals surface area contributed by atoms with Crippen molar-refractivity contribution in [2.45, 2.75) is 19.9 Å². The molecule has 0 bridgehead atoms. The molecule has 0 radical (unpaired) electrons. The maximum Gasteiger partial charge on any atom is 0.336 e. The van der Waals surface area contributed by atoms with Gasteiger partial charge in [0, 0.05) is 57.3 Å². The van der Waals surface area contributed by atoms with Gasteiger partial charge in [-0.3, -0.25) is 4.90 Å². The molecule has 7 nitrogen and oxygen atoms in total. The van der Waals surface area contributed by atoms with E-state index in [0.717, 1.165) is 36.0 Å². The lowest BCUT2D eigenvalue weighted by Crippen LogP contribution is -2.54. The number of carbonyl (C=O) groups excluding carboxylic acids is 1. The van der Waals surface area contributed by atoms with Crippen LogP contribution in [0.5, 0.6) is 0 Å². The molecular weight excluding hydrogens is 358 g/mol. The van der Waals surface area contributed by atoms with Gasteiger partial charge < -0.3 is 19.0 Å². The van der Waals surface area contributed by atoms with Gasteiger partial charge in [-0.2, -0.15) is 0 Å². The molecule has 0 saturated carbocycles. The molecule has 0 aliphatic carbocycles. The van der Waals surface area contributed by atoms with Crippen LogP contribution in [0, 0.1) is 0 Å². The van der Waals surface area contributed by atoms with Gasteiger partial charge in [0.2, 0.25) is 0 Å². The van der Waals surface area contributed by atoms with Crippen LogP contribution in [0.2, 0.25) is 0 Å². The van der Waals surface area contributed by atoms with Crippen LogP contribution in [-0.2, 0) is 17.7 Å². The molecule has 1 aromatic heterocycles. The summed E-state index contributed by atoms with van der Waals surface area (Å²) in [7, 11) is 0. The largest absolute Gasteiger partial charge is 0.423 e. The molecule has 2 saturated heterocycles. The Balaban J connectivity index is 1.42. The third kappa shape index (κ3) is 4.05. The highest BCUT2D eigenvalue weighted by molar-refractivity contribution is 5.80. The number of nitrogens with zero attached hydrogens (tertiary/aromatic N) is 3. The summed E-state index contributed by atoms with van der Waals surface area (Å²) in [6, 6.07) is 7.80. The summed E-state index contributed by atoms with van der Waals surface area (Å²) in [4.78, 5) is 30.7. The van der Waals surface area contributed by atoms with Crippen molar-refractivity contribution in [1.29, 1.82) is 0 Å². The van der Waals surface area contributed by atoms with E-state index in [1.807, 2.05) is 21.9 Å². The van der Waals surface area contributed by atoms with Gasteiger partial charge in [-0.25, -0.2) is 9.59 Å². The predicted molar refractivity (Wildman–Crippen MR) is 107 cm³/mol. The number of amides is 2. The van der Waals surface area contributed by atoms with Crippen LogP contribution in [0.15, 0.2) is 33.5 Å². The van der Waals surface area contributed by atoms with E-state index in [4.69, 9.17) is 9.15 Å². The Bertz CT molecular complexity index is 896. The second-order valence-electron chi connectivity index (χ2n) is 7.42. The summed E-state index contributed by atoms with van der Waals surface area (Å²) >= 11 is 0. The van der Waals surface area contributed by atoms with Crippen molar-refractivity contribution >= 4 is 17.0 Å². The van der Waals surface area contributed by atoms with Gasteiger partial charge in [0.25, 0.3) is 0 Å². The highest BCUT2D eigenvalue weighted by Crippen LogP contribution is 2.21. The summed E-state index contributed by atoms with van der Waals surface area (Å²) in [6.45, 7) is 8.36. The van der Waals surface area contributed by atoms with E-state index in [0.29, 0.717) is 51.5 Å². The standard InChI is InChI=1S/C21H27N3O4/c1-2-16-3-4-18-17(14-20(25)28-19(18)13-16)15-22-5-7-23(8-6-22)21(26)24-9-11-27-12-10-24/h3-4,13-14H,2,5-12,15H2,1H3. The van der Waals surface area contributed by atoms with Gasteiger partial charge in [-0.05, 0) is 23.6 Å². The van der Waals surface area contributed by atoms with Crippen LogP contribution in [0.3, 0.4) is 0 Å². The number of benzene rings is 1. The van der Waals surface area contributed by atoms with E-state index in [-0.39, 0.29) is 11.7 Å². The highest BCUT2D eigenvalue weighted by atomic mass is 16.5. The normalized spacial score (nSPS) is 18.6. The van der Waals surface area contributed by atoms with Gasteiger partial charge in [0.15, 0.2) is 0 Å². The van der Waals surface area contributed by atoms with Crippen LogP contribution < -0.4 is 5.63 Å². The maximum absolute atomic E-state index is 12.6. The Morgan fingerprint density at radius 1 is 1.00 bits per heavy atom. The molecule has 2 aliphatic rings. The van der Waals surface area contributed by atoms with Gasteiger partial charge in [0.1, 0.15) is 5.58 Å². The molecule has 7 heteroatoms. The first kappa shape index (κ1) is 19.0. The number of rotatable bonds is 3. The summed E-state index contributed by atoms with van der Waals surface area (Å²) in [5.74, 6) is 0. The van der Waals surface area contributed by atoms with E-state index >= 15 is 0 Å². The molecule has 0 spiro atoms. The van der Waals surface area contributed by atoms with Crippen molar-refractivity contribution in [1.82, 2.24) is 14.7 Å². The fourth-order valence-corrected chi connectivity index (χ4v) is 3.92. The zero-order valence-electron chi connectivity index (χ0n) is 16.4. The molecule has 2 aromatic rings. The number of carbonyl (C=O) groups is 1. The predicted octanol–water partition coefficient (Wildman–Crippen LogP) is 1.93. The van der Waals surface area contributed by atoms with E-state index < -0.39 is 0 Å². The van der Waals surface area contributed by atoms with Crippen LogP contribution in [0.4, 0.5) is 4.79 Å². The third-order valence-corrected chi connectivity index (χ3v) is 5.62. The van der Waals surface area contributed by atoms with Crippen molar-refractivity contribution in [3.63, 3.8) is 0 Å². The first-order valence-electron chi connectivity index (χ1n) is 10.0. The van der Waals surface area contributed by atoms with E-state index in [9.17, 15) is 9.59 Å². The molecule has 0 N–H and O–H groups in total. The average molecular weight is 385 g/mol. The number of aryl methyl sites for hydroxylation is 1. The number of piperazine rings is 1. The molecule has 1 aromatic carbocycles.